The van der Waals surface area contributed by atoms with Crippen molar-refractivity contribution >= 4 is 28.7 Å². The molecule has 0 aliphatic heterocycles. The Morgan fingerprint density at radius 3 is 2.04 bits per heavy atom. The average molecular weight is 338 g/mol. The molecule has 0 saturated heterocycles. The van der Waals surface area contributed by atoms with Gasteiger partial charge in [-0.05, 0) is 36.4 Å². The van der Waals surface area contributed by atoms with Gasteiger partial charge in [0.2, 0.25) is 11.6 Å². The summed E-state index contributed by atoms with van der Waals surface area (Å²) >= 11 is 0. The highest BCUT2D eigenvalue weighted by Crippen LogP contribution is 2.33. The van der Waals surface area contributed by atoms with Crippen LogP contribution >= 0.6 is 0 Å². The van der Waals surface area contributed by atoms with Crippen LogP contribution in [0.4, 0.5) is 28.7 Å². The Morgan fingerprint density at radius 1 is 0.960 bits per heavy atom. The van der Waals surface area contributed by atoms with Gasteiger partial charge in [0.15, 0.2) is 0 Å². The summed E-state index contributed by atoms with van der Waals surface area (Å²) in [6.07, 6.45) is 4.40. The van der Waals surface area contributed by atoms with Crippen molar-refractivity contribution in [3.05, 3.63) is 65.2 Å². The lowest BCUT2D eigenvalue weighted by atomic mass is 10.3. The maximum Gasteiger partial charge on any atom is 0.353 e. The number of nitrogens with one attached hydrogen (secondary N) is 2. The number of hydrogen-bond acceptors (Lipinski definition) is 8. The first-order valence-corrected chi connectivity index (χ1v) is 7.25. The van der Waals surface area contributed by atoms with Gasteiger partial charge in [0.05, 0.1) is 12.0 Å². The number of ether oxygens (including phenoxy) is 1. The highest BCUT2D eigenvalue weighted by Gasteiger charge is 2.23. The predicted molar refractivity (Wildman–Crippen MR) is 92.5 cm³/mol. The van der Waals surface area contributed by atoms with Crippen molar-refractivity contribution in [1.82, 2.24) is 15.0 Å². The summed E-state index contributed by atoms with van der Waals surface area (Å²) in [4.78, 5) is 22.9. The van der Waals surface area contributed by atoms with Gasteiger partial charge >= 0.3 is 5.69 Å². The van der Waals surface area contributed by atoms with E-state index >= 15 is 0 Å². The maximum atomic E-state index is 11.5. The van der Waals surface area contributed by atoms with Crippen molar-refractivity contribution in [2.45, 2.75) is 0 Å². The highest BCUT2D eigenvalue weighted by atomic mass is 16.6. The van der Waals surface area contributed by atoms with E-state index in [2.05, 4.69) is 25.6 Å². The fraction of sp³-hybridized carbons (Fsp3) is 0.0625. The molecular weight excluding hydrogens is 324 g/mol. The molecule has 25 heavy (non-hydrogen) atoms. The second-order valence-corrected chi connectivity index (χ2v) is 4.89. The van der Waals surface area contributed by atoms with E-state index in [4.69, 9.17) is 4.74 Å². The summed E-state index contributed by atoms with van der Waals surface area (Å²) in [5, 5.41) is 17.4. The SMILES string of the molecule is COc1ccc(Nc2ncnc(Nc3ccncc3)c2[N+](=O)[O-])cc1. The van der Waals surface area contributed by atoms with Crippen LogP contribution < -0.4 is 15.4 Å². The van der Waals surface area contributed by atoms with E-state index in [1.165, 1.54) is 6.33 Å². The van der Waals surface area contributed by atoms with E-state index in [9.17, 15) is 10.1 Å². The smallest absolute Gasteiger partial charge is 0.353 e. The van der Waals surface area contributed by atoms with Gasteiger partial charge < -0.3 is 15.4 Å². The molecule has 0 bridgehead atoms. The molecule has 0 spiro atoms. The van der Waals surface area contributed by atoms with Crippen LogP contribution in [0.3, 0.4) is 0 Å². The second kappa shape index (κ2) is 7.21. The zero-order valence-corrected chi connectivity index (χ0v) is 13.2. The zero-order valence-electron chi connectivity index (χ0n) is 13.2. The molecular formula is C16H14N6O3. The lowest BCUT2D eigenvalue weighted by Gasteiger charge is -2.10. The molecule has 3 aromatic rings. The van der Waals surface area contributed by atoms with E-state index in [1.54, 1.807) is 55.9 Å². The fourth-order valence-corrected chi connectivity index (χ4v) is 2.12. The van der Waals surface area contributed by atoms with Crippen molar-refractivity contribution in [2.75, 3.05) is 17.7 Å². The van der Waals surface area contributed by atoms with Crippen LogP contribution in [0.2, 0.25) is 0 Å². The number of nitro groups is 1. The Labute approximate surface area is 142 Å². The van der Waals surface area contributed by atoms with Crippen LogP contribution in [0.25, 0.3) is 0 Å². The number of anilines is 4. The maximum absolute atomic E-state index is 11.5. The summed E-state index contributed by atoms with van der Waals surface area (Å²) in [7, 11) is 1.56. The Hall–Kier alpha value is -3.75. The van der Waals surface area contributed by atoms with E-state index in [0.717, 1.165) is 0 Å². The van der Waals surface area contributed by atoms with Crippen molar-refractivity contribution in [3.63, 3.8) is 0 Å². The van der Waals surface area contributed by atoms with Gasteiger partial charge in [0.25, 0.3) is 0 Å². The molecule has 0 atom stereocenters. The molecule has 1 aromatic carbocycles. The summed E-state index contributed by atoms with van der Waals surface area (Å²) in [6.45, 7) is 0. The van der Waals surface area contributed by atoms with Gasteiger partial charge in [-0.1, -0.05) is 0 Å². The third-order valence-electron chi connectivity index (χ3n) is 3.30. The summed E-state index contributed by atoms with van der Waals surface area (Å²) in [5.74, 6) is 0.853. The second-order valence-electron chi connectivity index (χ2n) is 4.89. The molecule has 0 radical (unpaired) electrons. The van der Waals surface area contributed by atoms with Crippen LogP contribution in [-0.2, 0) is 0 Å². The highest BCUT2D eigenvalue weighted by molar-refractivity contribution is 5.76. The number of pyridine rings is 1. The van der Waals surface area contributed by atoms with Crippen LogP contribution in [0, 0.1) is 10.1 Å². The number of nitrogens with zero attached hydrogens (tertiary/aromatic N) is 4. The molecule has 0 amide bonds. The van der Waals surface area contributed by atoms with Crippen LogP contribution in [0.1, 0.15) is 0 Å². The van der Waals surface area contributed by atoms with E-state index < -0.39 is 4.92 Å². The van der Waals surface area contributed by atoms with E-state index in [-0.39, 0.29) is 17.3 Å². The lowest BCUT2D eigenvalue weighted by Crippen LogP contribution is -2.05. The molecule has 9 nitrogen and oxygen atoms in total. The normalized spacial score (nSPS) is 10.1. The standard InChI is InChI=1S/C16H14N6O3/c1-25-13-4-2-11(3-5-13)20-15-14(22(23)24)16(19-10-18-15)21-12-6-8-17-9-7-12/h2-10H,1H3,(H2,17,18,19,20,21). The van der Waals surface area contributed by atoms with Crippen molar-refractivity contribution in [3.8, 4) is 5.75 Å². The van der Waals surface area contributed by atoms with Gasteiger partial charge in [-0.25, -0.2) is 9.97 Å². The summed E-state index contributed by atoms with van der Waals surface area (Å²) in [6, 6.07) is 10.3. The summed E-state index contributed by atoms with van der Waals surface area (Å²) in [5.41, 5.74) is 1.01. The van der Waals surface area contributed by atoms with Gasteiger partial charge in [0, 0.05) is 23.8 Å². The molecule has 2 N–H and O–H groups in total. The topological polar surface area (TPSA) is 115 Å². The minimum atomic E-state index is -0.532. The lowest BCUT2D eigenvalue weighted by molar-refractivity contribution is -0.383. The molecule has 0 unspecified atom stereocenters. The molecule has 126 valence electrons. The first-order chi connectivity index (χ1) is 12.2. The van der Waals surface area contributed by atoms with Crippen molar-refractivity contribution in [1.29, 1.82) is 0 Å². The van der Waals surface area contributed by atoms with Crippen LogP contribution in [0.5, 0.6) is 5.75 Å². The Kier molecular flexibility index (Phi) is 4.65. The minimum absolute atomic E-state index is 0.0849. The van der Waals surface area contributed by atoms with Gasteiger partial charge in [0.1, 0.15) is 12.1 Å². The number of methoxy groups -OCH3 is 1. The Morgan fingerprint density at radius 2 is 1.52 bits per heavy atom. The number of hydrogen-bond donors (Lipinski definition) is 2. The Balaban J connectivity index is 1.93. The average Bonchev–Trinajstić information content (AvgIpc) is 2.63. The van der Waals surface area contributed by atoms with Crippen molar-refractivity contribution in [2.24, 2.45) is 0 Å². The fourth-order valence-electron chi connectivity index (χ4n) is 2.12. The van der Waals surface area contributed by atoms with Gasteiger partial charge in [-0.2, -0.15) is 0 Å². The zero-order chi connectivity index (χ0) is 17.6. The van der Waals surface area contributed by atoms with E-state index in [0.29, 0.717) is 17.1 Å². The molecule has 2 heterocycles. The number of aromatic nitrogens is 3. The largest absolute Gasteiger partial charge is 0.497 e. The monoisotopic (exact) mass is 338 g/mol. The third-order valence-corrected chi connectivity index (χ3v) is 3.30. The predicted octanol–water partition coefficient (Wildman–Crippen LogP) is 3.28. The van der Waals surface area contributed by atoms with Gasteiger partial charge in [-0.3, -0.25) is 15.1 Å². The quantitative estimate of drug-likeness (QED) is 0.520. The molecule has 9 heteroatoms. The Bertz CT molecular complexity index is 871. The molecule has 0 aliphatic carbocycles. The van der Waals surface area contributed by atoms with E-state index in [1.807, 2.05) is 0 Å². The van der Waals surface area contributed by atoms with Crippen LogP contribution in [-0.4, -0.2) is 27.0 Å². The molecule has 3 rings (SSSR count). The molecule has 0 fully saturated rings. The first-order valence-electron chi connectivity index (χ1n) is 7.25. The third kappa shape index (κ3) is 3.78. The minimum Gasteiger partial charge on any atom is -0.497 e. The van der Waals surface area contributed by atoms with Crippen molar-refractivity contribution < 1.29 is 9.66 Å². The summed E-state index contributed by atoms with van der Waals surface area (Å²) < 4.78 is 5.09. The molecule has 2 aromatic heterocycles. The number of rotatable bonds is 6. The number of benzene rings is 1. The molecule has 0 saturated carbocycles. The molecule has 0 aliphatic rings. The van der Waals surface area contributed by atoms with Gasteiger partial charge in [-0.15, -0.1) is 0 Å². The first kappa shape index (κ1) is 16.1. The van der Waals surface area contributed by atoms with Crippen LogP contribution in [0.15, 0.2) is 55.1 Å².